The van der Waals surface area contributed by atoms with Gasteiger partial charge in [0, 0.05) is 31.5 Å². The third-order valence-corrected chi connectivity index (χ3v) is 5.24. The summed E-state index contributed by atoms with van der Waals surface area (Å²) in [6, 6.07) is 4.10. The number of hydrogen-bond donors (Lipinski definition) is 0. The predicted molar refractivity (Wildman–Crippen MR) is 95.5 cm³/mol. The van der Waals surface area contributed by atoms with Crippen LogP contribution in [0.4, 0.5) is 5.82 Å². The van der Waals surface area contributed by atoms with Crippen LogP contribution in [-0.2, 0) is 4.74 Å². The van der Waals surface area contributed by atoms with E-state index in [4.69, 9.17) is 9.26 Å². The molecule has 0 bridgehead atoms. The Hall–Kier alpha value is -1.95. The minimum atomic E-state index is 0.160. The molecule has 0 saturated carbocycles. The van der Waals surface area contributed by atoms with Crippen molar-refractivity contribution < 1.29 is 9.26 Å². The van der Waals surface area contributed by atoms with Crippen LogP contribution in [0.25, 0.3) is 11.4 Å². The first-order chi connectivity index (χ1) is 12.2. The normalized spacial score (nSPS) is 24.2. The van der Waals surface area contributed by atoms with Gasteiger partial charge in [0.25, 0.3) is 0 Å². The van der Waals surface area contributed by atoms with Gasteiger partial charge in [-0.2, -0.15) is 4.98 Å². The second-order valence-corrected chi connectivity index (χ2v) is 7.38. The second-order valence-electron chi connectivity index (χ2n) is 7.38. The lowest BCUT2D eigenvalue weighted by Crippen LogP contribution is -2.29. The molecule has 0 spiro atoms. The van der Waals surface area contributed by atoms with Gasteiger partial charge in [0.1, 0.15) is 5.82 Å². The molecule has 0 N–H and O–H groups in total. The average molecular weight is 342 g/mol. The third-order valence-electron chi connectivity index (χ3n) is 5.24. The van der Waals surface area contributed by atoms with E-state index in [1.165, 1.54) is 19.3 Å². The van der Waals surface area contributed by atoms with Gasteiger partial charge in [0.2, 0.25) is 11.7 Å². The molecular formula is C19H26N4O2. The Morgan fingerprint density at radius 2 is 2.00 bits per heavy atom. The zero-order valence-electron chi connectivity index (χ0n) is 15.0. The minimum Gasteiger partial charge on any atom is -0.377 e. The smallest absolute Gasteiger partial charge is 0.232 e. The summed E-state index contributed by atoms with van der Waals surface area (Å²) in [6.07, 6.45) is 6.77. The van der Waals surface area contributed by atoms with Gasteiger partial charge in [-0.05, 0) is 43.7 Å². The molecule has 2 aromatic rings. The first kappa shape index (κ1) is 16.5. The average Bonchev–Trinajstić information content (AvgIpc) is 3.32. The molecule has 4 heterocycles. The van der Waals surface area contributed by atoms with E-state index in [-0.39, 0.29) is 12.0 Å². The van der Waals surface area contributed by atoms with E-state index in [0.717, 1.165) is 37.5 Å². The molecule has 6 nitrogen and oxygen atoms in total. The van der Waals surface area contributed by atoms with Gasteiger partial charge in [-0.1, -0.05) is 19.0 Å². The highest BCUT2D eigenvalue weighted by atomic mass is 16.5. The molecule has 2 saturated heterocycles. The number of piperidine rings is 1. The zero-order chi connectivity index (χ0) is 17.2. The van der Waals surface area contributed by atoms with E-state index in [2.05, 4.69) is 39.9 Å². The van der Waals surface area contributed by atoms with Crippen molar-refractivity contribution >= 4 is 5.82 Å². The molecule has 0 aromatic carbocycles. The van der Waals surface area contributed by atoms with Crippen LogP contribution in [-0.4, -0.2) is 40.9 Å². The molecule has 2 aliphatic heterocycles. The Kier molecular flexibility index (Phi) is 4.70. The number of aromatic nitrogens is 3. The largest absolute Gasteiger partial charge is 0.377 e. The summed E-state index contributed by atoms with van der Waals surface area (Å²) in [5.41, 5.74) is 0.899. The quantitative estimate of drug-likeness (QED) is 0.845. The molecule has 2 atom stereocenters. The Bertz CT molecular complexity index is 692. The Morgan fingerprint density at radius 1 is 1.16 bits per heavy atom. The maximum atomic E-state index is 5.83. The molecule has 2 fully saturated rings. The molecule has 0 aliphatic carbocycles. The van der Waals surface area contributed by atoms with Gasteiger partial charge in [-0.15, -0.1) is 0 Å². The summed E-state index contributed by atoms with van der Waals surface area (Å²) in [5, 5.41) is 4.17. The third kappa shape index (κ3) is 3.40. The van der Waals surface area contributed by atoms with Gasteiger partial charge >= 0.3 is 0 Å². The fraction of sp³-hybridized carbons (Fsp3) is 0.632. The topological polar surface area (TPSA) is 64.3 Å². The molecule has 0 amide bonds. The fourth-order valence-corrected chi connectivity index (χ4v) is 3.86. The van der Waals surface area contributed by atoms with Crippen molar-refractivity contribution in [1.82, 2.24) is 15.1 Å². The summed E-state index contributed by atoms with van der Waals surface area (Å²) in [7, 11) is 0. The van der Waals surface area contributed by atoms with Crippen LogP contribution in [0.3, 0.4) is 0 Å². The van der Waals surface area contributed by atoms with Crippen LogP contribution in [0.1, 0.15) is 51.3 Å². The Morgan fingerprint density at radius 3 is 2.72 bits per heavy atom. The van der Waals surface area contributed by atoms with Crippen LogP contribution < -0.4 is 4.90 Å². The predicted octanol–water partition coefficient (Wildman–Crippen LogP) is 3.65. The van der Waals surface area contributed by atoms with Crippen LogP contribution in [0.2, 0.25) is 0 Å². The zero-order valence-corrected chi connectivity index (χ0v) is 15.0. The number of ether oxygens (including phenoxy) is 1. The lowest BCUT2D eigenvalue weighted by atomic mass is 9.93. The van der Waals surface area contributed by atoms with Gasteiger partial charge in [0.05, 0.1) is 12.0 Å². The molecule has 134 valence electrons. The van der Waals surface area contributed by atoms with E-state index in [1.54, 1.807) is 0 Å². The van der Waals surface area contributed by atoms with Crippen molar-refractivity contribution in [3.63, 3.8) is 0 Å². The highest BCUT2D eigenvalue weighted by Gasteiger charge is 2.36. The minimum absolute atomic E-state index is 0.160. The van der Waals surface area contributed by atoms with Crippen LogP contribution in [0, 0.1) is 5.92 Å². The van der Waals surface area contributed by atoms with Crippen LogP contribution in [0.5, 0.6) is 0 Å². The first-order valence-corrected chi connectivity index (χ1v) is 9.39. The van der Waals surface area contributed by atoms with E-state index in [1.807, 2.05) is 12.3 Å². The van der Waals surface area contributed by atoms with Crippen molar-refractivity contribution in [2.24, 2.45) is 5.92 Å². The molecule has 2 unspecified atom stereocenters. The van der Waals surface area contributed by atoms with E-state index >= 15 is 0 Å². The highest BCUT2D eigenvalue weighted by Crippen LogP contribution is 2.35. The molecule has 6 heteroatoms. The van der Waals surface area contributed by atoms with E-state index in [0.29, 0.717) is 17.6 Å². The maximum absolute atomic E-state index is 5.83. The van der Waals surface area contributed by atoms with Crippen molar-refractivity contribution in [1.29, 1.82) is 0 Å². The monoisotopic (exact) mass is 342 g/mol. The summed E-state index contributed by atoms with van der Waals surface area (Å²) in [5.74, 6) is 2.97. The number of pyridine rings is 1. The van der Waals surface area contributed by atoms with Crippen molar-refractivity contribution in [2.75, 3.05) is 24.6 Å². The molecule has 0 radical (unpaired) electrons. The maximum Gasteiger partial charge on any atom is 0.232 e. The summed E-state index contributed by atoms with van der Waals surface area (Å²) in [4.78, 5) is 11.6. The fourth-order valence-electron chi connectivity index (χ4n) is 3.86. The molecule has 25 heavy (non-hydrogen) atoms. The Labute approximate surface area is 148 Å². The number of hydrogen-bond acceptors (Lipinski definition) is 6. The van der Waals surface area contributed by atoms with E-state index < -0.39 is 0 Å². The molecule has 4 rings (SSSR count). The van der Waals surface area contributed by atoms with Gasteiger partial charge in [-0.25, -0.2) is 4.98 Å². The summed E-state index contributed by atoms with van der Waals surface area (Å²) < 4.78 is 11.4. The summed E-state index contributed by atoms with van der Waals surface area (Å²) in [6.45, 7) is 7.29. The lowest BCUT2D eigenvalue weighted by molar-refractivity contribution is 0.0627. The SMILES string of the molecule is CC(C)C1OCCC1c1nc(-c2ccc(N3CCCCC3)nc2)no1. The number of nitrogens with zero attached hydrogens (tertiary/aromatic N) is 4. The standard InChI is InChI=1S/C19H26N4O2/c1-13(2)17-15(8-11-24-17)19-21-18(22-25-19)14-6-7-16(20-12-14)23-9-4-3-5-10-23/h6-7,12-13,15,17H,3-5,8-11H2,1-2H3. The second kappa shape index (κ2) is 7.12. The summed E-state index contributed by atoms with van der Waals surface area (Å²) >= 11 is 0. The van der Waals surface area contributed by atoms with Gasteiger partial charge in [0.15, 0.2) is 0 Å². The molecule has 2 aromatic heterocycles. The first-order valence-electron chi connectivity index (χ1n) is 9.39. The van der Waals surface area contributed by atoms with Crippen molar-refractivity contribution in [3.8, 4) is 11.4 Å². The van der Waals surface area contributed by atoms with E-state index in [9.17, 15) is 0 Å². The van der Waals surface area contributed by atoms with Crippen molar-refractivity contribution in [2.45, 2.75) is 51.6 Å². The van der Waals surface area contributed by atoms with Crippen molar-refractivity contribution in [3.05, 3.63) is 24.2 Å². The van der Waals surface area contributed by atoms with Crippen LogP contribution >= 0.6 is 0 Å². The Balaban J connectivity index is 1.50. The molecule has 2 aliphatic rings. The lowest BCUT2D eigenvalue weighted by Gasteiger charge is -2.27. The number of anilines is 1. The van der Waals surface area contributed by atoms with Gasteiger partial charge < -0.3 is 14.2 Å². The number of rotatable bonds is 4. The van der Waals surface area contributed by atoms with Gasteiger partial charge in [-0.3, -0.25) is 0 Å². The van der Waals surface area contributed by atoms with Crippen LogP contribution in [0.15, 0.2) is 22.9 Å². The highest BCUT2D eigenvalue weighted by molar-refractivity contribution is 5.56. The molecular weight excluding hydrogens is 316 g/mol.